The molecule has 0 spiro atoms. The van der Waals surface area contributed by atoms with Crippen molar-refractivity contribution in [3.05, 3.63) is 29.0 Å². The fraction of sp³-hybridized carbons (Fsp3) is 0.500. The highest BCUT2D eigenvalue weighted by Gasteiger charge is 2.65. The van der Waals surface area contributed by atoms with Crippen LogP contribution < -0.4 is 5.32 Å². The predicted octanol–water partition coefficient (Wildman–Crippen LogP) is 3.85. The van der Waals surface area contributed by atoms with Crippen LogP contribution in [0.4, 0.5) is 5.69 Å². The number of nitrogens with one attached hydrogen (secondary N) is 1. The number of hydrogen-bond donors (Lipinski definition) is 1. The summed E-state index contributed by atoms with van der Waals surface area (Å²) in [5, 5.41) is 3.76. The summed E-state index contributed by atoms with van der Waals surface area (Å²) in [5.74, 6) is 3.87. The van der Waals surface area contributed by atoms with E-state index in [2.05, 4.69) is 37.3 Å². The zero-order valence-corrected chi connectivity index (χ0v) is 12.7. The molecule has 0 aliphatic heterocycles. The SMILES string of the molecule is Brc1cnc2c(NC3C4C5CCC(C5)C34)ccnc2c1. The highest BCUT2D eigenvalue weighted by atomic mass is 79.9. The summed E-state index contributed by atoms with van der Waals surface area (Å²) < 4.78 is 0.982. The number of nitrogens with zero attached hydrogens (tertiary/aromatic N) is 2. The molecule has 3 saturated carbocycles. The van der Waals surface area contributed by atoms with Gasteiger partial charge in [-0.3, -0.25) is 9.97 Å². The van der Waals surface area contributed by atoms with Crippen molar-refractivity contribution in [1.82, 2.24) is 9.97 Å². The lowest BCUT2D eigenvalue weighted by molar-refractivity contribution is 0.456. The van der Waals surface area contributed by atoms with E-state index >= 15 is 0 Å². The summed E-state index contributed by atoms with van der Waals surface area (Å²) in [6.07, 6.45) is 8.16. The lowest BCUT2D eigenvalue weighted by atomic mass is 10.0. The van der Waals surface area contributed by atoms with Crippen molar-refractivity contribution in [3.63, 3.8) is 0 Å². The van der Waals surface area contributed by atoms with E-state index in [1.807, 2.05) is 18.5 Å². The molecule has 3 nitrogen and oxygen atoms in total. The van der Waals surface area contributed by atoms with Crippen LogP contribution in [0.25, 0.3) is 11.0 Å². The monoisotopic (exact) mass is 329 g/mol. The van der Waals surface area contributed by atoms with Crippen LogP contribution >= 0.6 is 15.9 Å². The van der Waals surface area contributed by atoms with E-state index in [4.69, 9.17) is 0 Å². The van der Waals surface area contributed by atoms with Crippen molar-refractivity contribution >= 4 is 32.7 Å². The third-order valence-electron chi connectivity index (χ3n) is 5.60. The second-order valence-corrected chi connectivity index (χ2v) is 7.45. The molecule has 5 rings (SSSR count). The third kappa shape index (κ3) is 1.51. The molecule has 1 N–H and O–H groups in total. The standard InChI is InChI=1S/C16H16BrN3/c17-10-6-12-15(19-7-10)11(3-4-18-12)20-16-13-8-1-2-9(5-8)14(13)16/h3-4,6-9,13-14,16H,1-2,5H2,(H,18,20). The van der Waals surface area contributed by atoms with E-state index in [-0.39, 0.29) is 0 Å². The zero-order valence-electron chi connectivity index (χ0n) is 11.1. The molecule has 2 bridgehead atoms. The van der Waals surface area contributed by atoms with Gasteiger partial charge in [-0.05, 0) is 71.0 Å². The first-order valence-electron chi connectivity index (χ1n) is 7.48. The quantitative estimate of drug-likeness (QED) is 0.909. The largest absolute Gasteiger partial charge is 0.380 e. The van der Waals surface area contributed by atoms with Crippen LogP contribution in [-0.2, 0) is 0 Å². The summed E-state index contributed by atoms with van der Waals surface area (Å²) in [6, 6.07) is 4.79. The Kier molecular flexibility index (Phi) is 2.26. The maximum absolute atomic E-state index is 4.54. The summed E-state index contributed by atoms with van der Waals surface area (Å²) in [6.45, 7) is 0. The minimum absolute atomic E-state index is 0.692. The Labute approximate surface area is 126 Å². The molecule has 2 aromatic heterocycles. The first-order chi connectivity index (χ1) is 9.81. The Balaban J connectivity index is 1.48. The topological polar surface area (TPSA) is 37.8 Å². The van der Waals surface area contributed by atoms with E-state index < -0.39 is 0 Å². The first-order valence-corrected chi connectivity index (χ1v) is 8.27. The molecule has 4 atom stereocenters. The van der Waals surface area contributed by atoms with Crippen LogP contribution in [0.1, 0.15) is 19.3 Å². The molecule has 2 aromatic rings. The molecule has 102 valence electrons. The van der Waals surface area contributed by atoms with Crippen molar-refractivity contribution in [2.45, 2.75) is 25.3 Å². The fourth-order valence-corrected chi connectivity index (χ4v) is 5.14. The van der Waals surface area contributed by atoms with Gasteiger partial charge >= 0.3 is 0 Å². The number of halogens is 1. The van der Waals surface area contributed by atoms with Crippen molar-refractivity contribution < 1.29 is 0 Å². The molecule has 4 heteroatoms. The molecule has 3 aliphatic carbocycles. The minimum atomic E-state index is 0.692. The number of aromatic nitrogens is 2. The highest BCUT2D eigenvalue weighted by Crippen LogP contribution is 2.66. The summed E-state index contributed by atoms with van der Waals surface area (Å²) in [4.78, 5) is 8.95. The second-order valence-electron chi connectivity index (χ2n) is 6.54. The Hall–Kier alpha value is -1.16. The smallest absolute Gasteiger partial charge is 0.112 e. The summed E-state index contributed by atoms with van der Waals surface area (Å²) >= 11 is 3.46. The Morgan fingerprint density at radius 2 is 1.95 bits per heavy atom. The maximum Gasteiger partial charge on any atom is 0.112 e. The Morgan fingerprint density at radius 1 is 1.15 bits per heavy atom. The molecule has 2 heterocycles. The van der Waals surface area contributed by atoms with Gasteiger partial charge in [0.25, 0.3) is 0 Å². The van der Waals surface area contributed by atoms with Gasteiger partial charge in [-0.15, -0.1) is 0 Å². The number of fused-ring (bicyclic) bond motifs is 6. The number of pyridine rings is 2. The lowest BCUT2D eigenvalue weighted by Crippen LogP contribution is -2.13. The highest BCUT2D eigenvalue weighted by molar-refractivity contribution is 9.10. The predicted molar refractivity (Wildman–Crippen MR) is 82.5 cm³/mol. The molecular weight excluding hydrogens is 314 g/mol. The molecule has 20 heavy (non-hydrogen) atoms. The van der Waals surface area contributed by atoms with Crippen molar-refractivity contribution in [2.24, 2.45) is 23.7 Å². The third-order valence-corrected chi connectivity index (χ3v) is 6.04. The van der Waals surface area contributed by atoms with Gasteiger partial charge in [0.05, 0.1) is 11.2 Å². The van der Waals surface area contributed by atoms with Gasteiger partial charge in [-0.2, -0.15) is 0 Å². The van der Waals surface area contributed by atoms with Gasteiger partial charge in [-0.25, -0.2) is 0 Å². The van der Waals surface area contributed by atoms with E-state index in [0.29, 0.717) is 6.04 Å². The van der Waals surface area contributed by atoms with Crippen LogP contribution in [0.5, 0.6) is 0 Å². The molecule has 3 fully saturated rings. The molecule has 4 unspecified atom stereocenters. The van der Waals surface area contributed by atoms with Crippen LogP contribution in [0.3, 0.4) is 0 Å². The average Bonchev–Trinajstić information content (AvgIpc) is 2.83. The maximum atomic E-state index is 4.54. The van der Waals surface area contributed by atoms with E-state index in [1.54, 1.807) is 0 Å². The Morgan fingerprint density at radius 3 is 2.75 bits per heavy atom. The molecular formula is C16H16BrN3. The molecule has 3 aliphatic rings. The van der Waals surface area contributed by atoms with Gasteiger partial charge < -0.3 is 5.32 Å². The second kappa shape index (κ2) is 3.94. The first kappa shape index (κ1) is 11.5. The van der Waals surface area contributed by atoms with E-state index in [9.17, 15) is 0 Å². The van der Waals surface area contributed by atoms with Crippen molar-refractivity contribution in [2.75, 3.05) is 5.32 Å². The normalized spacial score (nSPS) is 37.1. The van der Waals surface area contributed by atoms with Gasteiger partial charge in [0.2, 0.25) is 0 Å². The van der Waals surface area contributed by atoms with Gasteiger partial charge in [-0.1, -0.05) is 0 Å². The molecule has 0 radical (unpaired) electrons. The minimum Gasteiger partial charge on any atom is -0.380 e. The van der Waals surface area contributed by atoms with Gasteiger partial charge in [0.1, 0.15) is 5.52 Å². The number of anilines is 1. The molecule has 0 amide bonds. The van der Waals surface area contributed by atoms with Gasteiger partial charge in [0, 0.05) is 22.9 Å². The van der Waals surface area contributed by atoms with E-state index in [0.717, 1.165) is 44.9 Å². The van der Waals surface area contributed by atoms with Gasteiger partial charge in [0.15, 0.2) is 0 Å². The number of hydrogen-bond acceptors (Lipinski definition) is 3. The lowest BCUT2D eigenvalue weighted by Gasteiger charge is -2.13. The van der Waals surface area contributed by atoms with Crippen LogP contribution in [0.15, 0.2) is 29.0 Å². The average molecular weight is 330 g/mol. The zero-order chi connectivity index (χ0) is 13.3. The summed E-state index contributed by atoms with van der Waals surface area (Å²) in [7, 11) is 0. The van der Waals surface area contributed by atoms with E-state index in [1.165, 1.54) is 19.3 Å². The molecule has 0 aromatic carbocycles. The van der Waals surface area contributed by atoms with Crippen LogP contribution in [0.2, 0.25) is 0 Å². The van der Waals surface area contributed by atoms with Crippen LogP contribution in [-0.4, -0.2) is 16.0 Å². The Bertz CT molecular complexity index is 685. The molecule has 0 saturated heterocycles. The fourth-order valence-electron chi connectivity index (χ4n) is 4.82. The van der Waals surface area contributed by atoms with Crippen molar-refractivity contribution in [1.29, 1.82) is 0 Å². The summed E-state index contributed by atoms with van der Waals surface area (Å²) in [5.41, 5.74) is 3.10. The number of rotatable bonds is 2. The van der Waals surface area contributed by atoms with Crippen molar-refractivity contribution in [3.8, 4) is 0 Å². The van der Waals surface area contributed by atoms with Crippen LogP contribution in [0, 0.1) is 23.7 Å².